The first-order chi connectivity index (χ1) is 30.1. The molecule has 0 radical (unpaired) electrons. The summed E-state index contributed by atoms with van der Waals surface area (Å²) in [5.41, 5.74) is 8.07. The van der Waals surface area contributed by atoms with Crippen LogP contribution in [0.2, 0.25) is 0 Å². The molecule has 0 unspecified atom stereocenters. The van der Waals surface area contributed by atoms with Gasteiger partial charge in [0.1, 0.15) is 11.2 Å². The predicted octanol–water partition coefficient (Wildman–Crippen LogP) is 14.9. The second kappa shape index (κ2) is 13.4. The lowest BCUT2D eigenvalue weighted by atomic mass is 9.93. The smallest absolute Gasteiger partial charge is 0.143 e. The van der Waals surface area contributed by atoms with Gasteiger partial charge in [-0.05, 0) is 110 Å². The highest BCUT2D eigenvalue weighted by molar-refractivity contribution is 6.19. The second-order valence-corrected chi connectivity index (χ2v) is 13.1. The number of fused-ring (bicyclic) bond motifs is 5. The minimum Gasteiger partial charge on any atom is -0.455 e. The van der Waals surface area contributed by atoms with Gasteiger partial charge in [-0.2, -0.15) is 0 Å². The third-order valence-corrected chi connectivity index (χ3v) is 9.79. The number of hydrogen-bond acceptors (Lipinski definition) is 2. The van der Waals surface area contributed by atoms with Crippen molar-refractivity contribution >= 4 is 49.8 Å². The molecule has 0 aliphatic heterocycles. The molecule has 0 atom stereocenters. The molecule has 2 heteroatoms. The molecule has 1 aromatic heterocycles. The molecule has 1 heterocycles. The first kappa shape index (κ1) is 24.2. The Morgan fingerprint density at radius 2 is 0.889 bits per heavy atom. The van der Waals surface area contributed by atoms with E-state index < -0.39 is 12.1 Å². The van der Waals surface area contributed by atoms with Gasteiger partial charge in [0.15, 0.2) is 0 Å². The van der Waals surface area contributed by atoms with Gasteiger partial charge in [0.25, 0.3) is 0 Å². The number of benzene rings is 9. The van der Waals surface area contributed by atoms with E-state index in [2.05, 4.69) is 41.3 Å². The number of furan rings is 1. The molecule has 0 saturated heterocycles. The Bertz CT molecular complexity index is 3350. The van der Waals surface area contributed by atoms with Crippen molar-refractivity contribution in [3.8, 4) is 44.5 Å². The summed E-state index contributed by atoms with van der Waals surface area (Å²) in [4.78, 5) is 2.12. The number of para-hydroxylation sites is 1. The summed E-state index contributed by atoms with van der Waals surface area (Å²) >= 11 is 0. The summed E-state index contributed by atoms with van der Waals surface area (Å²) in [5.74, 6) is 0. The molecule has 0 spiro atoms. The lowest BCUT2D eigenvalue weighted by Gasteiger charge is -2.26. The molecule has 0 N–H and O–H groups in total. The number of hydrogen-bond donors (Lipinski definition) is 0. The highest BCUT2D eigenvalue weighted by Crippen LogP contribution is 2.42. The Kier molecular flexibility index (Phi) is 6.01. The van der Waals surface area contributed by atoms with Gasteiger partial charge >= 0.3 is 0 Å². The molecule has 0 amide bonds. The Hall–Kier alpha value is -7.16. The normalized spacial score (nSPS) is 13.4. The van der Waals surface area contributed by atoms with Gasteiger partial charge in [-0.1, -0.05) is 152 Å². The van der Waals surface area contributed by atoms with Gasteiger partial charge in [-0.3, -0.25) is 0 Å². The Morgan fingerprint density at radius 1 is 0.370 bits per heavy atom. The predicted molar refractivity (Wildman–Crippen MR) is 228 cm³/mol. The number of anilines is 3. The van der Waals surface area contributed by atoms with Crippen LogP contribution in [-0.4, -0.2) is 0 Å². The van der Waals surface area contributed by atoms with E-state index in [1.165, 1.54) is 0 Å². The molecular formula is C52H35NO. The zero-order valence-corrected chi connectivity index (χ0v) is 28.9. The van der Waals surface area contributed by atoms with Gasteiger partial charge in [0.05, 0.1) is 11.0 Å². The molecule has 0 bridgehead atoms. The summed E-state index contributed by atoms with van der Waals surface area (Å²) in [6.07, 6.45) is 0. The van der Waals surface area contributed by atoms with Crippen molar-refractivity contribution in [2.45, 2.75) is 0 Å². The van der Waals surface area contributed by atoms with E-state index >= 15 is 0 Å². The minimum absolute atomic E-state index is 0.0272. The van der Waals surface area contributed by atoms with E-state index in [0.29, 0.717) is 11.1 Å². The van der Waals surface area contributed by atoms with Crippen molar-refractivity contribution < 1.29 is 15.4 Å². The quantitative estimate of drug-likeness (QED) is 0.165. The van der Waals surface area contributed by atoms with Crippen LogP contribution in [0.4, 0.5) is 17.1 Å². The average Bonchev–Trinajstić information content (AvgIpc) is 3.73. The zero-order valence-electron chi connectivity index (χ0n) is 36.9. The molecular weight excluding hydrogens is 655 g/mol. The maximum Gasteiger partial charge on any atom is 0.143 e. The van der Waals surface area contributed by atoms with Crippen LogP contribution in [0.25, 0.3) is 77.2 Å². The Labute approximate surface area is 326 Å². The lowest BCUT2D eigenvalue weighted by Crippen LogP contribution is -2.09. The van der Waals surface area contributed by atoms with E-state index in [9.17, 15) is 5.48 Å². The maximum atomic E-state index is 9.81. The summed E-state index contributed by atoms with van der Waals surface area (Å²) < 4.78 is 79.7. The van der Waals surface area contributed by atoms with Crippen molar-refractivity contribution in [2.75, 3.05) is 4.90 Å². The largest absolute Gasteiger partial charge is 0.455 e. The highest BCUT2D eigenvalue weighted by atomic mass is 16.3. The molecule has 254 valence electrons. The molecule has 9 aromatic carbocycles. The first-order valence-corrected chi connectivity index (χ1v) is 17.8. The van der Waals surface area contributed by atoms with E-state index in [-0.39, 0.29) is 80.1 Å². The van der Waals surface area contributed by atoms with Crippen LogP contribution < -0.4 is 4.90 Å². The lowest BCUT2D eigenvalue weighted by molar-refractivity contribution is 0.673. The van der Waals surface area contributed by atoms with Crippen LogP contribution in [0.15, 0.2) is 217 Å². The Morgan fingerprint density at radius 3 is 1.56 bits per heavy atom. The van der Waals surface area contributed by atoms with Crippen molar-refractivity contribution in [1.82, 2.24) is 0 Å². The fourth-order valence-electron chi connectivity index (χ4n) is 7.15. The van der Waals surface area contributed by atoms with Gasteiger partial charge in [0, 0.05) is 33.2 Å². The van der Waals surface area contributed by atoms with Crippen LogP contribution in [0.5, 0.6) is 0 Å². The van der Waals surface area contributed by atoms with E-state index in [1.807, 2.05) is 121 Å². The molecule has 10 rings (SSSR count). The minimum atomic E-state index is -0.471. The van der Waals surface area contributed by atoms with E-state index in [4.69, 9.17) is 9.90 Å². The van der Waals surface area contributed by atoms with Gasteiger partial charge in [-0.15, -0.1) is 0 Å². The van der Waals surface area contributed by atoms with Crippen molar-refractivity contribution in [1.29, 1.82) is 0 Å². The topological polar surface area (TPSA) is 16.4 Å². The Balaban J connectivity index is 1.17. The van der Waals surface area contributed by atoms with Gasteiger partial charge in [-0.25, -0.2) is 0 Å². The van der Waals surface area contributed by atoms with Crippen molar-refractivity contribution in [3.63, 3.8) is 0 Å². The van der Waals surface area contributed by atoms with E-state index in [1.54, 1.807) is 6.07 Å². The summed E-state index contributed by atoms with van der Waals surface area (Å²) in [5, 5.41) is 0.426. The second-order valence-electron chi connectivity index (χ2n) is 13.1. The average molecular weight is 698 g/mol. The first-order valence-electron chi connectivity index (χ1n) is 21.8. The summed E-state index contributed by atoms with van der Waals surface area (Å²) in [6.45, 7) is 0. The van der Waals surface area contributed by atoms with Gasteiger partial charge < -0.3 is 9.32 Å². The molecule has 10 aromatic rings. The molecule has 2 nitrogen and oxygen atoms in total. The SMILES string of the molecule is [2H]c1c(-c2ccc(N(c3ccccc3)c3ccc(-c4ccccc4)cc3)cc2)c([2H])c2c(oc3c4c([2H])c([2H])c([2H])c([2H])c4c(-c4cccc(-c5ccccc5)c4)c([2H])c32)c1[2H]. The van der Waals surface area contributed by atoms with Crippen LogP contribution >= 0.6 is 0 Å². The van der Waals surface area contributed by atoms with Crippen LogP contribution in [0, 0.1) is 0 Å². The number of rotatable bonds is 7. The van der Waals surface area contributed by atoms with Crippen LogP contribution in [0.1, 0.15) is 11.0 Å². The molecule has 54 heavy (non-hydrogen) atoms. The molecule has 0 aliphatic carbocycles. The van der Waals surface area contributed by atoms with Crippen molar-refractivity contribution in [3.05, 3.63) is 212 Å². The van der Waals surface area contributed by atoms with Crippen LogP contribution in [-0.2, 0) is 0 Å². The molecule has 0 fully saturated rings. The number of nitrogens with zero attached hydrogens (tertiary/aromatic N) is 1. The standard InChI is InChI=1S/C52H35NO/c1-4-13-36(14-5-1)38-23-28-44(29-24-38)53(43-19-8-3-9-20-43)45-30-25-39(26-31-45)41-27-32-51-49(34-41)50-35-48(46-21-10-11-22-47(46)52(50)54-51)42-18-12-17-40(33-42)37-15-6-2-7-16-37/h1-35H/i10D,11D,21D,22D,27D,32D,34D,35D. The highest BCUT2D eigenvalue weighted by Gasteiger charge is 2.17. The molecule has 0 aliphatic rings. The summed E-state index contributed by atoms with van der Waals surface area (Å²) in [7, 11) is 0. The third-order valence-electron chi connectivity index (χ3n) is 9.79. The van der Waals surface area contributed by atoms with E-state index in [0.717, 1.165) is 39.3 Å². The van der Waals surface area contributed by atoms with Gasteiger partial charge in [0.2, 0.25) is 0 Å². The fraction of sp³-hybridized carbons (Fsp3) is 0. The summed E-state index contributed by atoms with van der Waals surface area (Å²) in [6, 6.07) is 50.8. The maximum absolute atomic E-state index is 9.81. The fourth-order valence-corrected chi connectivity index (χ4v) is 7.15. The van der Waals surface area contributed by atoms with Crippen LogP contribution in [0.3, 0.4) is 0 Å². The monoisotopic (exact) mass is 697 g/mol. The van der Waals surface area contributed by atoms with Crippen molar-refractivity contribution in [2.24, 2.45) is 0 Å². The molecule has 0 saturated carbocycles. The zero-order chi connectivity index (χ0) is 42.8. The third kappa shape index (κ3) is 5.71.